The van der Waals surface area contributed by atoms with E-state index in [-0.39, 0.29) is 6.61 Å². The van der Waals surface area contributed by atoms with Crippen molar-refractivity contribution < 1.29 is 28.5 Å². The molecule has 6 nitrogen and oxygen atoms in total. The van der Waals surface area contributed by atoms with E-state index >= 15 is 0 Å². The lowest BCUT2D eigenvalue weighted by molar-refractivity contribution is -0.275. The Morgan fingerprint density at radius 2 is 1.02 bits per heavy atom. The van der Waals surface area contributed by atoms with Crippen LogP contribution in [-0.2, 0) is 56.5 Å². The average molecular weight is 753 g/mol. The molecule has 0 amide bonds. The molecule has 1 fully saturated rings. The van der Waals surface area contributed by atoms with Gasteiger partial charge in [-0.3, -0.25) is 4.79 Å². The second-order valence-corrected chi connectivity index (χ2v) is 14.2. The molecule has 7 heteroatoms. The van der Waals surface area contributed by atoms with Crippen LogP contribution in [0.5, 0.6) is 0 Å². The Bertz CT molecular complexity index is 2040. The van der Waals surface area contributed by atoms with Gasteiger partial charge in [0.25, 0.3) is 0 Å². The second-order valence-electron chi connectivity index (χ2n) is 13.8. The van der Waals surface area contributed by atoms with Crippen LogP contribution in [0.15, 0.2) is 164 Å². The zero-order chi connectivity index (χ0) is 37.7. The summed E-state index contributed by atoms with van der Waals surface area (Å²) in [7, 11) is 0. The molecule has 0 spiro atoms. The highest BCUT2D eigenvalue weighted by Crippen LogP contribution is 2.40. The summed E-state index contributed by atoms with van der Waals surface area (Å²) in [5.74, 6) is 0. The highest BCUT2D eigenvalue weighted by atomic mass is 35.5. The van der Waals surface area contributed by atoms with Crippen molar-refractivity contribution in [3.05, 3.63) is 213 Å². The third-order valence-electron chi connectivity index (χ3n) is 9.79. The van der Waals surface area contributed by atoms with Gasteiger partial charge in [-0.25, -0.2) is 0 Å². The second kappa shape index (κ2) is 19.6. The summed E-state index contributed by atoms with van der Waals surface area (Å²) in [4.78, 5) is 11.3. The van der Waals surface area contributed by atoms with Gasteiger partial charge in [0.2, 0.25) is 0 Å². The summed E-state index contributed by atoms with van der Waals surface area (Å²) < 4.78 is 34.2. The number of hydrogen-bond donors (Lipinski definition) is 0. The lowest BCUT2D eigenvalue weighted by Crippen LogP contribution is -2.58. The third kappa shape index (κ3) is 10.6. The number of benzene rings is 6. The van der Waals surface area contributed by atoms with Crippen LogP contribution in [-0.4, -0.2) is 37.3 Å². The maximum atomic E-state index is 11.3. The Kier molecular flexibility index (Phi) is 13.7. The van der Waals surface area contributed by atoms with Crippen molar-refractivity contribution in [1.82, 2.24) is 0 Å². The van der Waals surface area contributed by atoms with Gasteiger partial charge in [0.15, 0.2) is 0 Å². The Labute approximate surface area is 328 Å². The van der Waals surface area contributed by atoms with E-state index in [1.807, 2.05) is 109 Å². The smallest absolute Gasteiger partial charge is 0.150 e. The number of aldehydes is 1. The number of halogens is 1. The largest absolute Gasteiger partial charge is 0.374 e. The number of carbonyl (C=O) groups excluding carboxylic acids is 1. The predicted molar refractivity (Wildman–Crippen MR) is 215 cm³/mol. The van der Waals surface area contributed by atoms with E-state index in [9.17, 15) is 4.79 Å². The maximum absolute atomic E-state index is 11.3. The van der Waals surface area contributed by atoms with Crippen LogP contribution in [0.4, 0.5) is 0 Å². The van der Waals surface area contributed by atoms with E-state index < -0.39 is 30.5 Å². The van der Waals surface area contributed by atoms with Crippen molar-refractivity contribution in [2.24, 2.45) is 0 Å². The normalized spacial score (nSPS) is 19.5. The van der Waals surface area contributed by atoms with Crippen molar-refractivity contribution in [3.63, 3.8) is 0 Å². The monoisotopic (exact) mass is 752 g/mol. The van der Waals surface area contributed by atoms with E-state index in [0.29, 0.717) is 43.4 Å². The summed E-state index contributed by atoms with van der Waals surface area (Å²) in [5.41, 5.74) is 7.70. The molecule has 1 aliphatic rings. The molecule has 0 saturated carbocycles. The van der Waals surface area contributed by atoms with Gasteiger partial charge < -0.3 is 23.7 Å². The van der Waals surface area contributed by atoms with Gasteiger partial charge in [-0.15, -0.1) is 0 Å². The molecule has 1 heterocycles. The zero-order valence-electron chi connectivity index (χ0n) is 30.6. The Morgan fingerprint density at radius 1 is 0.527 bits per heavy atom. The highest BCUT2D eigenvalue weighted by molar-refractivity contribution is 6.31. The van der Waals surface area contributed by atoms with E-state index in [2.05, 4.69) is 54.6 Å². The standard InChI is InChI=1S/C48H45ClO6/c49-43-26-25-41(28-42(43)27-35-21-23-36(29-50)24-22-35)45-47(53-32-39-17-9-3-10-18-39)48(54-33-40-19-11-4-12-20-40)46(52-31-38-15-7-2-8-16-38)44(55-45)34-51-30-37-13-5-1-6-14-37/h1-26,28-29,44-48H,27,30-34H2. The first kappa shape index (κ1) is 38.4. The first-order chi connectivity index (χ1) is 27.1. The molecule has 55 heavy (non-hydrogen) atoms. The van der Waals surface area contributed by atoms with Crippen LogP contribution in [0.1, 0.15) is 55.4 Å². The molecule has 6 aromatic rings. The van der Waals surface area contributed by atoms with Crippen LogP contribution in [0, 0.1) is 0 Å². The van der Waals surface area contributed by atoms with Crippen LogP contribution in [0.25, 0.3) is 0 Å². The Balaban J connectivity index is 1.26. The number of ether oxygens (including phenoxy) is 5. The summed E-state index contributed by atoms with van der Waals surface area (Å²) in [6.07, 6.45) is -1.30. The summed E-state index contributed by atoms with van der Waals surface area (Å²) in [6.45, 7) is 1.76. The van der Waals surface area contributed by atoms with Crippen LogP contribution in [0.2, 0.25) is 5.02 Å². The maximum Gasteiger partial charge on any atom is 0.150 e. The first-order valence-electron chi connectivity index (χ1n) is 18.7. The lowest BCUT2D eigenvalue weighted by atomic mass is 9.89. The molecular formula is C48H45ClO6. The molecule has 7 rings (SSSR count). The quantitative estimate of drug-likeness (QED) is 0.0865. The van der Waals surface area contributed by atoms with E-state index in [1.165, 1.54) is 0 Å². The molecule has 5 unspecified atom stereocenters. The van der Waals surface area contributed by atoms with Gasteiger partial charge in [-0.2, -0.15) is 0 Å². The number of rotatable bonds is 17. The minimum atomic E-state index is -0.573. The first-order valence-corrected chi connectivity index (χ1v) is 19.1. The molecule has 5 atom stereocenters. The third-order valence-corrected chi connectivity index (χ3v) is 10.2. The van der Waals surface area contributed by atoms with E-state index in [0.717, 1.165) is 45.2 Å². The fourth-order valence-corrected chi connectivity index (χ4v) is 7.08. The van der Waals surface area contributed by atoms with Gasteiger partial charge in [0.1, 0.15) is 36.8 Å². The van der Waals surface area contributed by atoms with Gasteiger partial charge in [-0.1, -0.05) is 169 Å². The molecule has 280 valence electrons. The van der Waals surface area contributed by atoms with Gasteiger partial charge in [0, 0.05) is 10.6 Å². The Hall–Kier alpha value is -4.92. The summed E-state index contributed by atoms with van der Waals surface area (Å²) in [6, 6.07) is 54.1. The van der Waals surface area contributed by atoms with Gasteiger partial charge in [-0.05, 0) is 51.4 Å². The van der Waals surface area contributed by atoms with Crippen molar-refractivity contribution >= 4 is 17.9 Å². The Morgan fingerprint density at radius 3 is 1.55 bits per heavy atom. The summed E-state index contributed by atoms with van der Waals surface area (Å²) >= 11 is 6.85. The van der Waals surface area contributed by atoms with Crippen LogP contribution >= 0.6 is 11.6 Å². The molecular weight excluding hydrogens is 708 g/mol. The SMILES string of the molecule is O=Cc1ccc(Cc2cc(C3OC(COCc4ccccc4)C(OCc4ccccc4)C(OCc4ccccc4)C3OCc3ccccc3)ccc2Cl)cc1. The molecule has 6 aromatic carbocycles. The average Bonchev–Trinajstić information content (AvgIpc) is 3.24. The van der Waals surface area contributed by atoms with Crippen LogP contribution in [0.3, 0.4) is 0 Å². The van der Waals surface area contributed by atoms with Gasteiger partial charge in [0.05, 0.1) is 33.0 Å². The highest BCUT2D eigenvalue weighted by Gasteiger charge is 2.49. The molecule has 1 aliphatic heterocycles. The van der Waals surface area contributed by atoms with Crippen molar-refractivity contribution in [1.29, 1.82) is 0 Å². The van der Waals surface area contributed by atoms with Crippen molar-refractivity contribution in [2.45, 2.75) is 63.4 Å². The minimum Gasteiger partial charge on any atom is -0.374 e. The van der Waals surface area contributed by atoms with E-state index in [4.69, 9.17) is 35.3 Å². The topological polar surface area (TPSA) is 63.2 Å². The van der Waals surface area contributed by atoms with Gasteiger partial charge >= 0.3 is 0 Å². The zero-order valence-corrected chi connectivity index (χ0v) is 31.4. The molecule has 0 bridgehead atoms. The molecule has 0 radical (unpaired) electrons. The summed E-state index contributed by atoms with van der Waals surface area (Å²) in [5, 5.41) is 0.643. The number of carbonyl (C=O) groups is 1. The molecule has 1 saturated heterocycles. The van der Waals surface area contributed by atoms with Crippen molar-refractivity contribution in [3.8, 4) is 0 Å². The van der Waals surface area contributed by atoms with Crippen LogP contribution < -0.4 is 0 Å². The minimum absolute atomic E-state index is 0.269. The van der Waals surface area contributed by atoms with Crippen molar-refractivity contribution in [2.75, 3.05) is 6.61 Å². The fraction of sp³-hybridized carbons (Fsp3) is 0.229. The van der Waals surface area contributed by atoms with E-state index in [1.54, 1.807) is 0 Å². The fourth-order valence-electron chi connectivity index (χ4n) is 6.90. The molecule has 0 aromatic heterocycles. The number of hydrogen-bond acceptors (Lipinski definition) is 6. The predicted octanol–water partition coefficient (Wildman–Crippen LogP) is 10.2. The molecule has 0 N–H and O–H groups in total. The molecule has 0 aliphatic carbocycles. The lowest BCUT2D eigenvalue weighted by Gasteiger charge is -2.46.